The number of phenolic OH excluding ortho intramolecular Hbond substituents is 1. The van der Waals surface area contributed by atoms with Crippen molar-refractivity contribution in [2.24, 2.45) is 0 Å². The van der Waals surface area contributed by atoms with Crippen LogP contribution in [0.2, 0.25) is 0 Å². The van der Waals surface area contributed by atoms with Gasteiger partial charge in [0.1, 0.15) is 12.4 Å². The molecule has 3 heteroatoms. The largest absolute Gasteiger partial charge is 0.508 e. The number of hydrogen-bond donors (Lipinski definition) is 1. The highest BCUT2D eigenvalue weighted by atomic mass is 16.5. The van der Waals surface area contributed by atoms with E-state index >= 15 is 0 Å². The van der Waals surface area contributed by atoms with Gasteiger partial charge in [0.05, 0.1) is 6.42 Å². The lowest BCUT2D eigenvalue weighted by molar-refractivity contribution is -0.144. The molecular formula is C15H14O3. The smallest absolute Gasteiger partial charge is 0.310 e. The lowest BCUT2D eigenvalue weighted by Gasteiger charge is -2.05. The lowest BCUT2D eigenvalue weighted by atomic mass is 10.1. The van der Waals surface area contributed by atoms with Gasteiger partial charge < -0.3 is 9.84 Å². The predicted molar refractivity (Wildman–Crippen MR) is 68.0 cm³/mol. The topological polar surface area (TPSA) is 46.5 Å². The Balaban J connectivity index is 1.84. The highest BCUT2D eigenvalue weighted by Crippen LogP contribution is 2.11. The van der Waals surface area contributed by atoms with Gasteiger partial charge in [-0.15, -0.1) is 0 Å². The van der Waals surface area contributed by atoms with Gasteiger partial charge in [-0.2, -0.15) is 0 Å². The van der Waals surface area contributed by atoms with E-state index in [0.29, 0.717) is 0 Å². The molecule has 0 radical (unpaired) electrons. The fourth-order valence-electron chi connectivity index (χ4n) is 1.57. The number of ether oxygens (including phenoxy) is 1. The molecule has 0 aliphatic rings. The molecule has 92 valence electrons. The molecule has 0 heterocycles. The Labute approximate surface area is 106 Å². The van der Waals surface area contributed by atoms with Gasteiger partial charge in [0.15, 0.2) is 0 Å². The van der Waals surface area contributed by atoms with Crippen molar-refractivity contribution in [3.05, 3.63) is 65.7 Å². The first-order valence-corrected chi connectivity index (χ1v) is 5.71. The summed E-state index contributed by atoms with van der Waals surface area (Å²) in [6.45, 7) is 0.289. The monoisotopic (exact) mass is 242 g/mol. The van der Waals surface area contributed by atoms with E-state index in [2.05, 4.69) is 0 Å². The minimum atomic E-state index is -0.274. The van der Waals surface area contributed by atoms with Crippen LogP contribution in [0.3, 0.4) is 0 Å². The molecule has 0 fully saturated rings. The van der Waals surface area contributed by atoms with Crippen molar-refractivity contribution in [3.8, 4) is 5.75 Å². The van der Waals surface area contributed by atoms with E-state index in [1.54, 1.807) is 24.3 Å². The second-order valence-electron chi connectivity index (χ2n) is 3.99. The lowest BCUT2D eigenvalue weighted by Crippen LogP contribution is -2.07. The van der Waals surface area contributed by atoms with Gasteiger partial charge in [-0.3, -0.25) is 4.79 Å². The Bertz CT molecular complexity index is 503. The summed E-state index contributed by atoms with van der Waals surface area (Å²) in [5.74, 6) is -0.0825. The Kier molecular flexibility index (Phi) is 3.97. The molecule has 0 aliphatic carbocycles. The number of esters is 1. The molecule has 0 spiro atoms. The van der Waals surface area contributed by atoms with E-state index < -0.39 is 0 Å². The number of aromatic hydroxyl groups is 1. The summed E-state index contributed by atoms with van der Waals surface area (Å²) in [6, 6.07) is 16.1. The molecule has 2 aromatic rings. The van der Waals surface area contributed by atoms with Crippen LogP contribution in [0.15, 0.2) is 54.6 Å². The summed E-state index contributed by atoms with van der Waals surface area (Å²) in [5.41, 5.74) is 1.79. The maximum Gasteiger partial charge on any atom is 0.310 e. The predicted octanol–water partition coefficient (Wildman–Crippen LogP) is 2.68. The second kappa shape index (κ2) is 5.87. The fraction of sp³-hybridized carbons (Fsp3) is 0.133. The van der Waals surface area contributed by atoms with E-state index in [0.717, 1.165) is 11.1 Å². The van der Waals surface area contributed by atoms with E-state index in [9.17, 15) is 4.79 Å². The summed E-state index contributed by atoms with van der Waals surface area (Å²) in [5, 5.41) is 9.13. The van der Waals surface area contributed by atoms with E-state index in [-0.39, 0.29) is 24.7 Å². The van der Waals surface area contributed by atoms with Crippen molar-refractivity contribution < 1.29 is 14.6 Å². The number of hydrogen-bond acceptors (Lipinski definition) is 3. The highest BCUT2D eigenvalue weighted by molar-refractivity contribution is 5.72. The van der Waals surface area contributed by atoms with Gasteiger partial charge in [0, 0.05) is 0 Å². The number of benzene rings is 2. The molecule has 2 aromatic carbocycles. The van der Waals surface area contributed by atoms with Crippen molar-refractivity contribution in [2.45, 2.75) is 13.0 Å². The fourth-order valence-corrected chi connectivity index (χ4v) is 1.57. The van der Waals surface area contributed by atoms with Crippen LogP contribution in [0.25, 0.3) is 0 Å². The van der Waals surface area contributed by atoms with Crippen LogP contribution < -0.4 is 0 Å². The van der Waals surface area contributed by atoms with Crippen LogP contribution >= 0.6 is 0 Å². The Morgan fingerprint density at radius 1 is 0.944 bits per heavy atom. The van der Waals surface area contributed by atoms with Crippen molar-refractivity contribution in [1.29, 1.82) is 0 Å². The molecule has 0 unspecified atom stereocenters. The normalized spacial score (nSPS) is 10.0. The molecule has 1 N–H and O–H groups in total. The maximum atomic E-state index is 11.6. The average molecular weight is 242 g/mol. The quantitative estimate of drug-likeness (QED) is 0.838. The van der Waals surface area contributed by atoms with Crippen LogP contribution in [0.1, 0.15) is 11.1 Å². The summed E-state index contributed by atoms with van der Waals surface area (Å²) in [6.07, 6.45) is 0.215. The van der Waals surface area contributed by atoms with Crippen LogP contribution in [-0.2, 0) is 22.6 Å². The van der Waals surface area contributed by atoms with Crippen LogP contribution in [-0.4, -0.2) is 11.1 Å². The van der Waals surface area contributed by atoms with Gasteiger partial charge in [-0.1, -0.05) is 42.5 Å². The number of phenols is 1. The van der Waals surface area contributed by atoms with Crippen LogP contribution in [0.4, 0.5) is 0 Å². The third-order valence-electron chi connectivity index (χ3n) is 2.53. The number of carbonyl (C=O) groups excluding carboxylic acids is 1. The molecule has 0 saturated carbocycles. The number of rotatable bonds is 4. The first-order valence-electron chi connectivity index (χ1n) is 5.71. The van der Waals surface area contributed by atoms with Crippen molar-refractivity contribution in [2.75, 3.05) is 0 Å². The van der Waals surface area contributed by atoms with E-state index in [1.165, 1.54) is 0 Å². The maximum absolute atomic E-state index is 11.6. The third-order valence-corrected chi connectivity index (χ3v) is 2.53. The molecular weight excluding hydrogens is 228 g/mol. The zero-order valence-electron chi connectivity index (χ0n) is 9.87. The first-order chi connectivity index (χ1) is 8.74. The van der Waals surface area contributed by atoms with Gasteiger partial charge in [-0.05, 0) is 23.3 Å². The Morgan fingerprint density at radius 3 is 2.28 bits per heavy atom. The van der Waals surface area contributed by atoms with Gasteiger partial charge >= 0.3 is 5.97 Å². The van der Waals surface area contributed by atoms with Gasteiger partial charge in [0.25, 0.3) is 0 Å². The summed E-state index contributed by atoms with van der Waals surface area (Å²) in [7, 11) is 0. The van der Waals surface area contributed by atoms with Crippen LogP contribution in [0.5, 0.6) is 5.75 Å². The zero-order valence-corrected chi connectivity index (χ0v) is 9.87. The summed E-state index contributed by atoms with van der Waals surface area (Å²) < 4.78 is 5.16. The van der Waals surface area contributed by atoms with Crippen LogP contribution in [0, 0.1) is 0 Å². The SMILES string of the molecule is O=C(Cc1ccc(O)cc1)OCc1ccccc1. The first kappa shape index (κ1) is 12.2. The zero-order chi connectivity index (χ0) is 12.8. The van der Waals surface area contributed by atoms with Crippen molar-refractivity contribution >= 4 is 5.97 Å². The van der Waals surface area contributed by atoms with E-state index in [1.807, 2.05) is 30.3 Å². The summed E-state index contributed by atoms with van der Waals surface area (Å²) >= 11 is 0. The van der Waals surface area contributed by atoms with Gasteiger partial charge in [0.2, 0.25) is 0 Å². The molecule has 0 aromatic heterocycles. The summed E-state index contributed by atoms with van der Waals surface area (Å²) in [4.78, 5) is 11.6. The molecule has 0 bridgehead atoms. The van der Waals surface area contributed by atoms with Crippen molar-refractivity contribution in [3.63, 3.8) is 0 Å². The highest BCUT2D eigenvalue weighted by Gasteiger charge is 2.05. The molecule has 0 atom stereocenters. The Hall–Kier alpha value is -2.29. The van der Waals surface area contributed by atoms with Crippen molar-refractivity contribution in [1.82, 2.24) is 0 Å². The Morgan fingerprint density at radius 2 is 1.61 bits per heavy atom. The standard InChI is InChI=1S/C15H14O3/c16-14-8-6-12(7-9-14)10-15(17)18-11-13-4-2-1-3-5-13/h1-9,16H,10-11H2. The molecule has 2 rings (SSSR count). The molecule has 0 aliphatic heterocycles. The second-order valence-corrected chi connectivity index (χ2v) is 3.99. The average Bonchev–Trinajstić information content (AvgIpc) is 2.40. The minimum absolute atomic E-state index is 0.191. The molecule has 0 saturated heterocycles. The van der Waals surface area contributed by atoms with E-state index in [4.69, 9.17) is 9.84 Å². The third kappa shape index (κ3) is 3.63. The number of carbonyl (C=O) groups is 1. The molecule has 3 nitrogen and oxygen atoms in total. The molecule has 0 amide bonds. The minimum Gasteiger partial charge on any atom is -0.508 e. The van der Waals surface area contributed by atoms with Gasteiger partial charge in [-0.25, -0.2) is 0 Å². The molecule has 18 heavy (non-hydrogen) atoms.